The van der Waals surface area contributed by atoms with E-state index in [0.717, 1.165) is 5.69 Å². The zero-order valence-corrected chi connectivity index (χ0v) is 14.7. The van der Waals surface area contributed by atoms with E-state index >= 15 is 0 Å². The largest absolute Gasteiger partial charge is 0.451 e. The maximum absolute atomic E-state index is 12.2. The first-order chi connectivity index (χ1) is 12.5. The highest BCUT2D eigenvalue weighted by Crippen LogP contribution is 2.20. The van der Waals surface area contributed by atoms with Gasteiger partial charge in [0.15, 0.2) is 6.61 Å². The summed E-state index contributed by atoms with van der Waals surface area (Å²) in [5.74, 6) is -0.990. The van der Waals surface area contributed by atoms with Crippen LogP contribution >= 0.6 is 11.6 Å². The summed E-state index contributed by atoms with van der Waals surface area (Å²) < 4.78 is 4.99. The number of aromatic amines is 1. The van der Waals surface area contributed by atoms with Crippen LogP contribution in [0.25, 0.3) is 0 Å². The zero-order valence-electron chi connectivity index (χ0n) is 14.0. The molecular formula is C18H18ClN3O4. The molecule has 2 heterocycles. The van der Waals surface area contributed by atoms with E-state index in [1.165, 1.54) is 18.2 Å². The molecule has 7 nitrogen and oxygen atoms in total. The summed E-state index contributed by atoms with van der Waals surface area (Å²) >= 11 is 6.01. The third kappa shape index (κ3) is 4.43. The number of rotatable bonds is 4. The van der Waals surface area contributed by atoms with Gasteiger partial charge < -0.3 is 19.5 Å². The number of anilines is 1. The molecule has 0 saturated carbocycles. The van der Waals surface area contributed by atoms with E-state index < -0.39 is 11.5 Å². The first kappa shape index (κ1) is 18.0. The fraction of sp³-hybridized carbons (Fsp3) is 0.278. The van der Waals surface area contributed by atoms with Gasteiger partial charge in [0.25, 0.3) is 5.91 Å². The molecule has 1 fully saturated rings. The van der Waals surface area contributed by atoms with Crippen molar-refractivity contribution >= 4 is 29.2 Å². The van der Waals surface area contributed by atoms with Crippen molar-refractivity contribution in [3.05, 3.63) is 63.5 Å². The van der Waals surface area contributed by atoms with Gasteiger partial charge in [0.1, 0.15) is 5.69 Å². The van der Waals surface area contributed by atoms with Gasteiger partial charge in [-0.05, 0) is 24.3 Å². The van der Waals surface area contributed by atoms with Crippen molar-refractivity contribution in [3.8, 4) is 0 Å². The molecule has 1 amide bonds. The summed E-state index contributed by atoms with van der Waals surface area (Å²) in [7, 11) is 0. The average Bonchev–Trinajstić information content (AvgIpc) is 2.66. The minimum atomic E-state index is -0.728. The van der Waals surface area contributed by atoms with Crippen molar-refractivity contribution in [1.82, 2.24) is 9.88 Å². The number of nitrogens with zero attached hydrogens (tertiary/aromatic N) is 2. The highest BCUT2D eigenvalue weighted by atomic mass is 35.5. The number of pyridine rings is 1. The van der Waals surface area contributed by atoms with Gasteiger partial charge in [-0.1, -0.05) is 23.7 Å². The first-order valence-corrected chi connectivity index (χ1v) is 8.55. The van der Waals surface area contributed by atoms with E-state index in [-0.39, 0.29) is 18.2 Å². The third-order valence-electron chi connectivity index (χ3n) is 4.12. The molecule has 2 aromatic rings. The van der Waals surface area contributed by atoms with Crippen molar-refractivity contribution in [2.24, 2.45) is 0 Å². The topological polar surface area (TPSA) is 82.7 Å². The first-order valence-electron chi connectivity index (χ1n) is 8.18. The number of amides is 1. The number of aromatic nitrogens is 1. The highest BCUT2D eigenvalue weighted by Gasteiger charge is 2.22. The lowest BCUT2D eigenvalue weighted by molar-refractivity contribution is -0.134. The normalized spacial score (nSPS) is 14.2. The molecule has 3 rings (SSSR count). The van der Waals surface area contributed by atoms with Gasteiger partial charge in [0, 0.05) is 43.0 Å². The van der Waals surface area contributed by atoms with Crippen LogP contribution in [0.4, 0.5) is 5.69 Å². The molecule has 1 aromatic carbocycles. The minimum Gasteiger partial charge on any atom is -0.451 e. The Balaban J connectivity index is 1.49. The van der Waals surface area contributed by atoms with Crippen molar-refractivity contribution < 1.29 is 14.3 Å². The van der Waals surface area contributed by atoms with Gasteiger partial charge in [0.2, 0.25) is 5.56 Å². The summed E-state index contributed by atoms with van der Waals surface area (Å²) in [5, 5.41) is 0.673. The smallest absolute Gasteiger partial charge is 0.355 e. The second-order valence-electron chi connectivity index (χ2n) is 5.85. The molecule has 1 saturated heterocycles. The van der Waals surface area contributed by atoms with Crippen molar-refractivity contribution in [1.29, 1.82) is 0 Å². The maximum atomic E-state index is 12.2. The van der Waals surface area contributed by atoms with E-state index in [2.05, 4.69) is 9.88 Å². The van der Waals surface area contributed by atoms with Crippen molar-refractivity contribution in [3.63, 3.8) is 0 Å². The molecule has 0 radical (unpaired) electrons. The Kier molecular flexibility index (Phi) is 5.58. The Morgan fingerprint density at radius 1 is 1.08 bits per heavy atom. The Morgan fingerprint density at radius 3 is 2.50 bits per heavy atom. The molecule has 0 atom stereocenters. The predicted octanol–water partition coefficient (Wildman–Crippen LogP) is 1.53. The number of ether oxygens (including phenoxy) is 1. The summed E-state index contributed by atoms with van der Waals surface area (Å²) in [4.78, 5) is 41.5. The van der Waals surface area contributed by atoms with Gasteiger partial charge >= 0.3 is 5.97 Å². The highest BCUT2D eigenvalue weighted by molar-refractivity contribution is 6.30. The molecule has 0 spiro atoms. The Labute approximate surface area is 155 Å². The van der Waals surface area contributed by atoms with Crippen molar-refractivity contribution in [2.45, 2.75) is 0 Å². The molecule has 0 unspecified atom stereocenters. The molecule has 136 valence electrons. The third-order valence-corrected chi connectivity index (χ3v) is 4.36. The van der Waals surface area contributed by atoms with Gasteiger partial charge in [-0.3, -0.25) is 9.59 Å². The van der Waals surface area contributed by atoms with Crippen LogP contribution in [0.15, 0.2) is 47.3 Å². The summed E-state index contributed by atoms with van der Waals surface area (Å²) in [6, 6.07) is 11.8. The summed E-state index contributed by atoms with van der Waals surface area (Å²) in [5.41, 5.74) is 0.642. The molecular weight excluding hydrogens is 358 g/mol. The Bertz CT molecular complexity index is 859. The van der Waals surface area contributed by atoms with Gasteiger partial charge in [-0.2, -0.15) is 0 Å². The molecule has 0 bridgehead atoms. The van der Waals surface area contributed by atoms with Gasteiger partial charge in [-0.25, -0.2) is 4.79 Å². The number of piperazine rings is 1. The molecule has 1 aromatic heterocycles. The van der Waals surface area contributed by atoms with Crippen LogP contribution in [0.5, 0.6) is 0 Å². The van der Waals surface area contributed by atoms with Crippen molar-refractivity contribution in [2.75, 3.05) is 37.7 Å². The second-order valence-corrected chi connectivity index (χ2v) is 6.29. The quantitative estimate of drug-likeness (QED) is 0.819. The van der Waals surface area contributed by atoms with Gasteiger partial charge in [-0.15, -0.1) is 0 Å². The van der Waals surface area contributed by atoms with E-state index in [1.807, 2.05) is 24.3 Å². The maximum Gasteiger partial charge on any atom is 0.355 e. The molecule has 1 aliphatic heterocycles. The van der Waals surface area contributed by atoms with E-state index in [0.29, 0.717) is 31.2 Å². The SMILES string of the molecule is O=C(OCC(=O)N1CCN(c2cccc(Cl)c2)CC1)c1cccc(=O)[nH]1. The van der Waals surface area contributed by atoms with E-state index in [9.17, 15) is 14.4 Å². The van der Waals surface area contributed by atoms with Crippen LogP contribution in [0.1, 0.15) is 10.5 Å². The summed E-state index contributed by atoms with van der Waals surface area (Å²) in [6.07, 6.45) is 0. The number of H-pyrrole nitrogens is 1. The fourth-order valence-corrected chi connectivity index (χ4v) is 2.93. The lowest BCUT2D eigenvalue weighted by Gasteiger charge is -2.36. The monoisotopic (exact) mass is 375 g/mol. The van der Waals surface area contributed by atoms with Crippen LogP contribution in [-0.4, -0.2) is 54.5 Å². The van der Waals surface area contributed by atoms with Crippen LogP contribution < -0.4 is 10.5 Å². The predicted molar refractivity (Wildman–Crippen MR) is 97.6 cm³/mol. The number of halogens is 1. The summed E-state index contributed by atoms with van der Waals surface area (Å²) in [6.45, 7) is 2.06. The lowest BCUT2D eigenvalue weighted by Crippen LogP contribution is -2.49. The number of hydrogen-bond acceptors (Lipinski definition) is 5. The lowest BCUT2D eigenvalue weighted by atomic mass is 10.2. The van der Waals surface area contributed by atoms with Crippen LogP contribution in [0.2, 0.25) is 5.02 Å². The Morgan fingerprint density at radius 2 is 1.81 bits per heavy atom. The number of carbonyl (C=O) groups excluding carboxylic acids is 2. The molecule has 0 aliphatic carbocycles. The molecule has 8 heteroatoms. The minimum absolute atomic E-state index is 0.0241. The number of nitrogens with one attached hydrogen (secondary N) is 1. The zero-order chi connectivity index (χ0) is 18.5. The molecule has 26 heavy (non-hydrogen) atoms. The van der Waals surface area contributed by atoms with E-state index in [1.54, 1.807) is 4.90 Å². The average molecular weight is 376 g/mol. The Hall–Kier alpha value is -2.80. The molecule has 1 aliphatic rings. The van der Waals surface area contributed by atoms with Crippen LogP contribution in [-0.2, 0) is 9.53 Å². The second kappa shape index (κ2) is 8.05. The number of esters is 1. The van der Waals surface area contributed by atoms with Gasteiger partial charge in [0.05, 0.1) is 0 Å². The van der Waals surface area contributed by atoms with Crippen LogP contribution in [0.3, 0.4) is 0 Å². The number of carbonyl (C=O) groups is 2. The number of hydrogen-bond donors (Lipinski definition) is 1. The number of benzene rings is 1. The fourth-order valence-electron chi connectivity index (χ4n) is 2.75. The van der Waals surface area contributed by atoms with Crippen LogP contribution in [0, 0.1) is 0 Å². The standard InChI is InChI=1S/C18H18ClN3O4/c19-13-3-1-4-14(11-13)21-7-9-22(10-8-21)17(24)12-26-18(25)15-5-2-6-16(23)20-15/h1-6,11H,7-10,12H2,(H,20,23). The van der Waals surface area contributed by atoms with E-state index in [4.69, 9.17) is 16.3 Å². The molecule has 1 N–H and O–H groups in total.